The SMILES string of the molecule is Nc1ncc(-c2cnn(C3CCNCC3)c2)cc1-c1nc2cc3ccccc3cc2o1. The fourth-order valence-electron chi connectivity index (χ4n) is 4.29. The molecule has 5 aromatic rings. The Kier molecular flexibility index (Phi) is 4.21. The van der Waals surface area contributed by atoms with Gasteiger partial charge in [0.25, 0.3) is 0 Å². The lowest BCUT2D eigenvalue weighted by Gasteiger charge is -2.22. The lowest BCUT2D eigenvalue weighted by Crippen LogP contribution is -2.29. The fraction of sp³-hybridized carbons (Fsp3) is 0.208. The van der Waals surface area contributed by atoms with Gasteiger partial charge < -0.3 is 15.5 Å². The molecular weight excluding hydrogens is 388 g/mol. The maximum atomic E-state index is 6.20. The zero-order chi connectivity index (χ0) is 20.8. The number of rotatable bonds is 3. The van der Waals surface area contributed by atoms with Crippen molar-refractivity contribution in [1.82, 2.24) is 25.1 Å². The maximum Gasteiger partial charge on any atom is 0.231 e. The van der Waals surface area contributed by atoms with Crippen LogP contribution in [0.2, 0.25) is 0 Å². The first-order valence-electron chi connectivity index (χ1n) is 10.5. The largest absolute Gasteiger partial charge is 0.436 e. The molecule has 4 heterocycles. The number of fused-ring (bicyclic) bond motifs is 2. The number of nitrogens with zero attached hydrogens (tertiary/aromatic N) is 4. The van der Waals surface area contributed by atoms with Gasteiger partial charge in [-0.3, -0.25) is 4.68 Å². The Labute approximate surface area is 178 Å². The highest BCUT2D eigenvalue weighted by atomic mass is 16.3. The first-order valence-corrected chi connectivity index (χ1v) is 10.5. The van der Waals surface area contributed by atoms with E-state index < -0.39 is 0 Å². The van der Waals surface area contributed by atoms with Crippen LogP contribution in [0.4, 0.5) is 5.82 Å². The highest BCUT2D eigenvalue weighted by molar-refractivity contribution is 5.95. The molecule has 0 aliphatic carbocycles. The molecule has 154 valence electrons. The van der Waals surface area contributed by atoms with Gasteiger partial charge in [0.1, 0.15) is 11.3 Å². The van der Waals surface area contributed by atoms with E-state index >= 15 is 0 Å². The molecule has 7 heteroatoms. The van der Waals surface area contributed by atoms with Crippen LogP contribution in [-0.4, -0.2) is 32.8 Å². The van der Waals surface area contributed by atoms with Gasteiger partial charge in [-0.15, -0.1) is 0 Å². The Bertz CT molecular complexity index is 1340. The van der Waals surface area contributed by atoms with E-state index in [2.05, 4.69) is 38.4 Å². The normalized spacial score (nSPS) is 15.1. The Balaban J connectivity index is 1.39. The molecule has 1 aliphatic heterocycles. The number of nitrogen functional groups attached to an aromatic ring is 1. The minimum absolute atomic E-state index is 0.394. The molecule has 3 aromatic heterocycles. The van der Waals surface area contributed by atoms with Crippen molar-refractivity contribution in [2.45, 2.75) is 18.9 Å². The molecule has 0 amide bonds. The molecule has 6 rings (SSSR count). The van der Waals surface area contributed by atoms with Crippen LogP contribution in [0.5, 0.6) is 0 Å². The van der Waals surface area contributed by atoms with E-state index in [-0.39, 0.29) is 0 Å². The van der Waals surface area contributed by atoms with Crippen LogP contribution in [0.3, 0.4) is 0 Å². The number of benzene rings is 2. The van der Waals surface area contributed by atoms with Crippen LogP contribution in [0.15, 0.2) is 65.5 Å². The van der Waals surface area contributed by atoms with Crippen molar-refractivity contribution in [1.29, 1.82) is 0 Å². The highest BCUT2D eigenvalue weighted by Gasteiger charge is 2.18. The Morgan fingerprint density at radius 2 is 1.81 bits per heavy atom. The van der Waals surface area contributed by atoms with Crippen LogP contribution >= 0.6 is 0 Å². The second kappa shape index (κ2) is 7.21. The third-order valence-corrected chi connectivity index (χ3v) is 6.02. The summed E-state index contributed by atoms with van der Waals surface area (Å²) in [5, 5.41) is 10.2. The summed E-state index contributed by atoms with van der Waals surface area (Å²) in [7, 11) is 0. The van der Waals surface area contributed by atoms with Gasteiger partial charge in [-0.2, -0.15) is 5.10 Å². The number of aromatic nitrogens is 4. The van der Waals surface area contributed by atoms with Gasteiger partial charge >= 0.3 is 0 Å². The van der Waals surface area contributed by atoms with E-state index in [0.717, 1.165) is 58.9 Å². The first kappa shape index (κ1) is 18.1. The standard InChI is InChI=1S/C24H22N6O/c25-23-20(24-29-21-10-15-3-1-2-4-16(15)11-22(21)31-24)9-17(12-27-23)18-13-28-30(14-18)19-5-7-26-8-6-19/h1-4,9-14,19,26H,5-8H2,(H2,25,27). The average Bonchev–Trinajstić information content (AvgIpc) is 3.46. The van der Waals surface area contributed by atoms with Crippen molar-refractivity contribution < 1.29 is 4.42 Å². The average molecular weight is 410 g/mol. The molecule has 2 aromatic carbocycles. The molecular formula is C24H22N6O. The topological polar surface area (TPSA) is 94.8 Å². The Morgan fingerprint density at radius 1 is 1.00 bits per heavy atom. The predicted octanol–water partition coefficient (Wildman–Crippen LogP) is 4.41. The van der Waals surface area contributed by atoms with Gasteiger partial charge in [0.05, 0.1) is 17.8 Å². The van der Waals surface area contributed by atoms with E-state index in [1.54, 1.807) is 6.20 Å². The van der Waals surface area contributed by atoms with Crippen LogP contribution in [0.25, 0.3) is 44.5 Å². The lowest BCUT2D eigenvalue weighted by atomic mass is 10.1. The number of piperidine rings is 1. The number of nitrogens with two attached hydrogens (primary N) is 1. The van der Waals surface area contributed by atoms with Crippen LogP contribution in [0.1, 0.15) is 18.9 Å². The number of anilines is 1. The van der Waals surface area contributed by atoms with Gasteiger partial charge in [-0.25, -0.2) is 9.97 Å². The molecule has 1 fully saturated rings. The zero-order valence-corrected chi connectivity index (χ0v) is 17.0. The molecule has 31 heavy (non-hydrogen) atoms. The molecule has 0 atom stereocenters. The summed E-state index contributed by atoms with van der Waals surface area (Å²) in [6.07, 6.45) is 7.93. The van der Waals surface area contributed by atoms with Crippen molar-refractivity contribution in [3.05, 3.63) is 61.1 Å². The zero-order valence-electron chi connectivity index (χ0n) is 17.0. The van der Waals surface area contributed by atoms with Crippen LogP contribution in [-0.2, 0) is 0 Å². The van der Waals surface area contributed by atoms with Gasteiger partial charge in [0, 0.05) is 23.5 Å². The van der Waals surface area contributed by atoms with Gasteiger partial charge in [-0.05, 0) is 54.9 Å². The third-order valence-electron chi connectivity index (χ3n) is 6.02. The molecule has 0 radical (unpaired) electrons. The number of nitrogens with one attached hydrogen (secondary N) is 1. The van der Waals surface area contributed by atoms with Gasteiger partial charge in [0.15, 0.2) is 5.58 Å². The van der Waals surface area contributed by atoms with E-state index in [1.165, 1.54) is 0 Å². The second-order valence-corrected chi connectivity index (χ2v) is 8.03. The minimum Gasteiger partial charge on any atom is -0.436 e. The number of hydrogen-bond acceptors (Lipinski definition) is 6. The molecule has 0 saturated carbocycles. The van der Waals surface area contributed by atoms with Gasteiger partial charge in [0.2, 0.25) is 5.89 Å². The van der Waals surface area contributed by atoms with Crippen molar-refractivity contribution in [3.8, 4) is 22.6 Å². The van der Waals surface area contributed by atoms with Crippen molar-refractivity contribution >= 4 is 27.7 Å². The first-order chi connectivity index (χ1) is 15.2. The summed E-state index contributed by atoms with van der Waals surface area (Å²) >= 11 is 0. The summed E-state index contributed by atoms with van der Waals surface area (Å²) in [6.45, 7) is 2.06. The fourth-order valence-corrected chi connectivity index (χ4v) is 4.29. The van der Waals surface area contributed by atoms with Crippen LogP contribution < -0.4 is 11.1 Å². The maximum absolute atomic E-state index is 6.20. The molecule has 0 unspecified atom stereocenters. The molecule has 1 aliphatic rings. The van der Waals surface area contributed by atoms with Crippen molar-refractivity contribution in [3.63, 3.8) is 0 Å². The van der Waals surface area contributed by atoms with Crippen molar-refractivity contribution in [2.24, 2.45) is 0 Å². The Hall–Kier alpha value is -3.71. The summed E-state index contributed by atoms with van der Waals surface area (Å²) in [5.74, 6) is 0.869. The summed E-state index contributed by atoms with van der Waals surface area (Å²) in [6, 6.07) is 14.6. The van der Waals surface area contributed by atoms with E-state index in [4.69, 9.17) is 15.1 Å². The van der Waals surface area contributed by atoms with Gasteiger partial charge in [-0.1, -0.05) is 24.3 Å². The molecule has 0 spiro atoms. The number of pyridine rings is 1. The quantitative estimate of drug-likeness (QED) is 0.457. The number of hydrogen-bond donors (Lipinski definition) is 2. The summed E-state index contributed by atoms with van der Waals surface area (Å²) in [5.41, 5.74) is 10.4. The van der Waals surface area contributed by atoms with Crippen molar-refractivity contribution in [2.75, 3.05) is 18.8 Å². The van der Waals surface area contributed by atoms with E-state index in [0.29, 0.717) is 23.3 Å². The molecule has 0 bridgehead atoms. The summed E-state index contributed by atoms with van der Waals surface area (Å²) in [4.78, 5) is 9.10. The second-order valence-electron chi connectivity index (χ2n) is 8.03. The van der Waals surface area contributed by atoms with E-state index in [9.17, 15) is 0 Å². The van der Waals surface area contributed by atoms with Crippen LogP contribution in [0, 0.1) is 0 Å². The highest BCUT2D eigenvalue weighted by Crippen LogP contribution is 2.33. The smallest absolute Gasteiger partial charge is 0.231 e. The molecule has 1 saturated heterocycles. The molecule has 3 N–H and O–H groups in total. The predicted molar refractivity (Wildman–Crippen MR) is 122 cm³/mol. The lowest BCUT2D eigenvalue weighted by molar-refractivity contribution is 0.343. The van der Waals surface area contributed by atoms with E-state index in [1.807, 2.05) is 36.5 Å². The summed E-state index contributed by atoms with van der Waals surface area (Å²) < 4.78 is 8.14. The number of oxazole rings is 1. The molecule has 7 nitrogen and oxygen atoms in total. The Morgan fingerprint density at radius 3 is 2.65 bits per heavy atom. The third kappa shape index (κ3) is 3.23. The minimum atomic E-state index is 0.394. The monoisotopic (exact) mass is 410 g/mol.